The maximum Gasteiger partial charge on any atom is 0.471 e. The van der Waals surface area contributed by atoms with Gasteiger partial charge in [0.1, 0.15) is 6.04 Å². The van der Waals surface area contributed by atoms with Crippen molar-refractivity contribution in [1.29, 1.82) is 0 Å². The fourth-order valence-corrected chi connectivity index (χ4v) is 3.00. The number of hydrogen-bond acceptors (Lipinski definition) is 3. The molecule has 1 aliphatic heterocycles. The van der Waals surface area contributed by atoms with Crippen molar-refractivity contribution in [2.45, 2.75) is 30.8 Å². The van der Waals surface area contributed by atoms with E-state index in [0.717, 1.165) is 0 Å². The number of amides is 1. The van der Waals surface area contributed by atoms with Crippen molar-refractivity contribution in [3.05, 3.63) is 0 Å². The summed E-state index contributed by atoms with van der Waals surface area (Å²) in [6.07, 6.45) is -5.04. The number of hydrogen-bond donors (Lipinski definition) is 1. The van der Waals surface area contributed by atoms with E-state index < -0.39 is 28.8 Å². The third kappa shape index (κ3) is 2.85. The molecule has 0 bridgehead atoms. The summed E-state index contributed by atoms with van der Waals surface area (Å²) in [7, 11) is 0. The maximum absolute atomic E-state index is 12.3. The van der Waals surface area contributed by atoms with E-state index in [0.29, 0.717) is 10.7 Å². The van der Waals surface area contributed by atoms with Crippen LogP contribution >= 0.6 is 11.8 Å². The van der Waals surface area contributed by atoms with E-state index in [2.05, 4.69) is 0 Å². The van der Waals surface area contributed by atoms with E-state index in [1.54, 1.807) is 0 Å². The van der Waals surface area contributed by atoms with Gasteiger partial charge in [-0.3, -0.25) is 4.79 Å². The highest BCUT2D eigenvalue weighted by Crippen LogP contribution is 2.37. The highest BCUT2D eigenvalue weighted by molar-refractivity contribution is 8.00. The molecular formula is C9H12F3NO3S. The first-order valence-corrected chi connectivity index (χ1v) is 5.80. The van der Waals surface area contributed by atoms with E-state index in [-0.39, 0.29) is 6.54 Å². The van der Waals surface area contributed by atoms with E-state index in [9.17, 15) is 22.8 Å². The van der Waals surface area contributed by atoms with Gasteiger partial charge in [0, 0.05) is 17.0 Å². The molecule has 1 heterocycles. The number of thioether (sulfide) groups is 1. The lowest BCUT2D eigenvalue weighted by Crippen LogP contribution is -2.61. The van der Waals surface area contributed by atoms with E-state index in [1.165, 1.54) is 25.6 Å². The Labute approximate surface area is 100 Å². The lowest BCUT2D eigenvalue weighted by molar-refractivity contribution is -0.190. The Bertz CT molecular complexity index is 343. The number of carboxylic acid groups (broad SMARTS) is 1. The Morgan fingerprint density at radius 3 is 2.35 bits per heavy atom. The molecule has 1 saturated heterocycles. The minimum atomic E-state index is -5.04. The van der Waals surface area contributed by atoms with Crippen molar-refractivity contribution in [3.8, 4) is 0 Å². The smallest absolute Gasteiger partial charge is 0.471 e. The zero-order chi connectivity index (χ0) is 13.4. The van der Waals surface area contributed by atoms with Crippen molar-refractivity contribution in [3.63, 3.8) is 0 Å². The summed E-state index contributed by atoms with van der Waals surface area (Å²) in [6.45, 7) is 2.84. The molecule has 98 valence electrons. The van der Waals surface area contributed by atoms with Crippen LogP contribution in [0.2, 0.25) is 0 Å². The first kappa shape index (κ1) is 14.1. The summed E-state index contributed by atoms with van der Waals surface area (Å²) in [5.74, 6) is -3.21. The zero-order valence-corrected chi connectivity index (χ0v) is 10.1. The maximum atomic E-state index is 12.3. The highest BCUT2D eigenvalue weighted by Gasteiger charge is 2.52. The Morgan fingerprint density at radius 1 is 1.41 bits per heavy atom. The monoisotopic (exact) mass is 271 g/mol. The molecule has 17 heavy (non-hydrogen) atoms. The quantitative estimate of drug-likeness (QED) is 0.782. The van der Waals surface area contributed by atoms with Gasteiger partial charge >= 0.3 is 18.1 Å². The number of aliphatic carboxylic acids is 1. The SMILES string of the molecule is CC1(C)SCCN(C(=O)C(F)(F)F)[C@H]1C(=O)O. The Hall–Kier alpha value is -0.920. The standard InChI is InChI=1S/C9H12F3NO3S/c1-8(2)5(6(14)15)13(3-4-17-8)7(16)9(10,11)12/h5H,3-4H2,1-2H3,(H,14,15)/t5-/m0/s1. The second-order valence-electron chi connectivity index (χ2n) is 4.19. The fraction of sp³-hybridized carbons (Fsp3) is 0.778. The minimum absolute atomic E-state index is 0.205. The highest BCUT2D eigenvalue weighted by atomic mass is 32.2. The molecule has 0 aliphatic carbocycles. The largest absolute Gasteiger partial charge is 0.480 e. The number of carbonyl (C=O) groups is 2. The number of nitrogens with zero attached hydrogens (tertiary/aromatic N) is 1. The summed E-state index contributed by atoms with van der Waals surface area (Å²) >= 11 is 1.25. The lowest BCUT2D eigenvalue weighted by Gasteiger charge is -2.43. The van der Waals surface area contributed by atoms with Crippen molar-refractivity contribution in [2.24, 2.45) is 0 Å². The average molecular weight is 271 g/mol. The molecule has 8 heteroatoms. The van der Waals surface area contributed by atoms with Gasteiger partial charge in [-0.2, -0.15) is 24.9 Å². The molecule has 0 saturated carbocycles. The molecular weight excluding hydrogens is 259 g/mol. The van der Waals surface area contributed by atoms with Crippen molar-refractivity contribution in [2.75, 3.05) is 12.3 Å². The first-order chi connectivity index (χ1) is 7.57. The molecule has 0 aromatic heterocycles. The van der Waals surface area contributed by atoms with Gasteiger partial charge in [-0.05, 0) is 13.8 Å². The fourth-order valence-electron chi connectivity index (χ4n) is 1.80. The third-order valence-corrected chi connectivity index (χ3v) is 3.87. The molecule has 4 nitrogen and oxygen atoms in total. The van der Waals surface area contributed by atoms with E-state index >= 15 is 0 Å². The molecule has 0 radical (unpaired) electrons. The van der Waals surface area contributed by atoms with Gasteiger partial charge in [-0.1, -0.05) is 0 Å². The second-order valence-corrected chi connectivity index (χ2v) is 5.94. The normalized spacial score (nSPS) is 24.5. The van der Waals surface area contributed by atoms with Crippen molar-refractivity contribution in [1.82, 2.24) is 4.90 Å². The summed E-state index contributed by atoms with van der Waals surface area (Å²) < 4.78 is 36.1. The van der Waals surface area contributed by atoms with Gasteiger partial charge < -0.3 is 10.0 Å². The Balaban J connectivity index is 3.05. The molecule has 1 atom stereocenters. The summed E-state index contributed by atoms with van der Waals surface area (Å²) in [4.78, 5) is 22.6. The molecule has 1 fully saturated rings. The Kier molecular flexibility index (Phi) is 3.66. The topological polar surface area (TPSA) is 57.6 Å². The van der Waals surface area contributed by atoms with Gasteiger partial charge in [-0.15, -0.1) is 0 Å². The lowest BCUT2D eigenvalue weighted by atomic mass is 10.0. The zero-order valence-electron chi connectivity index (χ0n) is 9.24. The van der Waals surface area contributed by atoms with Crippen molar-refractivity contribution >= 4 is 23.6 Å². The molecule has 1 N–H and O–H groups in total. The van der Waals surface area contributed by atoms with Gasteiger partial charge in [0.25, 0.3) is 0 Å². The second kappa shape index (κ2) is 4.40. The predicted molar refractivity (Wildman–Crippen MR) is 55.7 cm³/mol. The van der Waals surface area contributed by atoms with Gasteiger partial charge in [-0.25, -0.2) is 4.79 Å². The van der Waals surface area contributed by atoms with Crippen LogP contribution in [-0.4, -0.2) is 51.1 Å². The van der Waals surface area contributed by atoms with Crippen molar-refractivity contribution < 1.29 is 27.9 Å². The van der Waals surface area contributed by atoms with Crippen LogP contribution < -0.4 is 0 Å². The molecule has 0 aromatic rings. The van der Waals surface area contributed by atoms with Crippen LogP contribution in [0.1, 0.15) is 13.8 Å². The van der Waals surface area contributed by atoms with Crippen LogP contribution in [0, 0.1) is 0 Å². The molecule has 0 spiro atoms. The van der Waals surface area contributed by atoms with Crippen LogP contribution in [0.3, 0.4) is 0 Å². The van der Waals surface area contributed by atoms with Gasteiger partial charge in [0.05, 0.1) is 0 Å². The van der Waals surface area contributed by atoms with Crippen LogP contribution in [0.5, 0.6) is 0 Å². The number of carbonyl (C=O) groups excluding carboxylic acids is 1. The minimum Gasteiger partial charge on any atom is -0.480 e. The molecule has 1 aliphatic rings. The molecule has 0 aromatic carbocycles. The summed E-state index contributed by atoms with van der Waals surface area (Å²) in [6, 6.07) is -1.46. The summed E-state index contributed by atoms with van der Waals surface area (Å²) in [5.41, 5.74) is 0. The van der Waals surface area contributed by atoms with E-state index in [4.69, 9.17) is 5.11 Å². The average Bonchev–Trinajstić information content (AvgIpc) is 2.12. The molecule has 0 unspecified atom stereocenters. The van der Waals surface area contributed by atoms with Gasteiger partial charge in [0.2, 0.25) is 0 Å². The number of carboxylic acids is 1. The summed E-state index contributed by atoms with van der Waals surface area (Å²) in [5, 5.41) is 8.98. The third-order valence-electron chi connectivity index (χ3n) is 2.51. The number of halogens is 3. The predicted octanol–water partition coefficient (Wildman–Crippen LogP) is 1.36. The van der Waals surface area contributed by atoms with Gasteiger partial charge in [0.15, 0.2) is 0 Å². The Morgan fingerprint density at radius 2 is 1.94 bits per heavy atom. The van der Waals surface area contributed by atoms with Crippen LogP contribution in [-0.2, 0) is 9.59 Å². The first-order valence-electron chi connectivity index (χ1n) is 4.82. The van der Waals surface area contributed by atoms with E-state index in [1.807, 2.05) is 0 Å². The van der Waals surface area contributed by atoms with Crippen LogP contribution in [0.4, 0.5) is 13.2 Å². The van der Waals surface area contributed by atoms with Crippen LogP contribution in [0.25, 0.3) is 0 Å². The number of alkyl halides is 3. The molecule has 1 amide bonds. The number of rotatable bonds is 1. The molecule has 1 rings (SSSR count). The van der Waals surface area contributed by atoms with Crippen LogP contribution in [0.15, 0.2) is 0 Å².